The van der Waals surface area contributed by atoms with E-state index in [-0.39, 0.29) is 11.3 Å². The Morgan fingerprint density at radius 1 is 1.00 bits per heavy atom. The first-order valence-electron chi connectivity index (χ1n) is 8.12. The largest absolute Gasteiger partial charge is 0.361 e. The van der Waals surface area contributed by atoms with Crippen LogP contribution in [0.15, 0.2) is 66.7 Å². The highest BCUT2D eigenvalue weighted by Gasteiger charge is 2.34. The highest BCUT2D eigenvalue weighted by atomic mass is 35.6. The van der Waals surface area contributed by atoms with Crippen molar-refractivity contribution < 1.29 is 9.72 Å². The van der Waals surface area contributed by atoms with E-state index in [9.17, 15) is 14.9 Å². The van der Waals surface area contributed by atoms with Crippen molar-refractivity contribution in [2.75, 3.05) is 5.32 Å². The first-order valence-corrected chi connectivity index (χ1v) is 9.25. The van der Waals surface area contributed by atoms with Gasteiger partial charge in [-0.05, 0) is 17.5 Å². The molecule has 0 radical (unpaired) electrons. The third-order valence-corrected chi connectivity index (χ3v) is 4.67. The lowest BCUT2D eigenvalue weighted by atomic mass is 10.1. The van der Waals surface area contributed by atoms with Gasteiger partial charge in [0.25, 0.3) is 11.6 Å². The van der Waals surface area contributed by atoms with Gasteiger partial charge in [-0.2, -0.15) is 0 Å². The number of nitro benzene ring substituents is 1. The number of halogens is 3. The Balaban J connectivity index is 1.88. The number of alkyl halides is 3. The Morgan fingerprint density at radius 3 is 2.39 bits per heavy atom. The molecule has 0 spiro atoms. The van der Waals surface area contributed by atoms with E-state index in [1.54, 1.807) is 6.07 Å². The third-order valence-electron chi connectivity index (χ3n) is 4.01. The maximum Gasteiger partial charge on any atom is 0.270 e. The van der Waals surface area contributed by atoms with Gasteiger partial charge in [-0.25, -0.2) is 0 Å². The number of amides is 1. The Bertz CT molecular complexity index is 1030. The molecule has 0 unspecified atom stereocenters. The van der Waals surface area contributed by atoms with Gasteiger partial charge in [-0.15, -0.1) is 0 Å². The van der Waals surface area contributed by atoms with Crippen LogP contribution < -0.4 is 10.6 Å². The molecular weight excluding hydrogens is 425 g/mol. The van der Waals surface area contributed by atoms with E-state index in [0.717, 1.165) is 16.8 Å². The van der Waals surface area contributed by atoms with E-state index in [1.807, 2.05) is 36.4 Å². The first-order chi connectivity index (χ1) is 13.3. The second-order valence-electron chi connectivity index (χ2n) is 5.93. The van der Waals surface area contributed by atoms with Crippen LogP contribution in [0.1, 0.15) is 10.4 Å². The number of nitro groups is 1. The number of non-ortho nitro benzene ring substituents is 1. The number of carbonyl (C=O) groups is 1. The Kier molecular flexibility index (Phi) is 5.93. The quantitative estimate of drug-likeness (QED) is 0.245. The molecule has 28 heavy (non-hydrogen) atoms. The monoisotopic (exact) mass is 437 g/mol. The fourth-order valence-electron chi connectivity index (χ4n) is 2.68. The fourth-order valence-corrected chi connectivity index (χ4v) is 3.01. The molecule has 6 nitrogen and oxygen atoms in total. The van der Waals surface area contributed by atoms with Crippen molar-refractivity contribution in [3.05, 3.63) is 82.4 Å². The van der Waals surface area contributed by atoms with Crippen LogP contribution in [0.3, 0.4) is 0 Å². The van der Waals surface area contributed by atoms with Crippen LogP contribution in [0.4, 0.5) is 11.4 Å². The summed E-state index contributed by atoms with van der Waals surface area (Å²) in [5.74, 6) is -0.618. The average Bonchev–Trinajstić information content (AvgIpc) is 2.67. The average molecular weight is 439 g/mol. The summed E-state index contributed by atoms with van der Waals surface area (Å²) in [7, 11) is 0. The van der Waals surface area contributed by atoms with Crippen LogP contribution in [0.5, 0.6) is 0 Å². The lowest BCUT2D eigenvalue weighted by Crippen LogP contribution is -2.49. The summed E-state index contributed by atoms with van der Waals surface area (Å²) >= 11 is 18.2. The highest BCUT2D eigenvalue weighted by Crippen LogP contribution is 2.33. The van der Waals surface area contributed by atoms with Crippen molar-refractivity contribution in [3.8, 4) is 0 Å². The number of carbonyl (C=O) groups excluding carboxylic acids is 1. The van der Waals surface area contributed by atoms with E-state index >= 15 is 0 Å². The van der Waals surface area contributed by atoms with Crippen molar-refractivity contribution in [2.24, 2.45) is 0 Å². The fraction of sp³-hybridized carbons (Fsp3) is 0.105. The minimum absolute atomic E-state index is 0.0770. The second kappa shape index (κ2) is 8.22. The molecule has 144 valence electrons. The molecule has 3 rings (SSSR count). The SMILES string of the molecule is O=C(N[C@H](Nc1cccc2ccccc12)C(Cl)(Cl)Cl)c1cccc([N+](=O)[O-])c1. The van der Waals surface area contributed by atoms with Gasteiger partial charge in [0.1, 0.15) is 6.17 Å². The van der Waals surface area contributed by atoms with Gasteiger partial charge in [0, 0.05) is 28.8 Å². The zero-order valence-electron chi connectivity index (χ0n) is 14.2. The molecule has 9 heteroatoms. The van der Waals surface area contributed by atoms with E-state index in [2.05, 4.69) is 10.6 Å². The number of hydrogen-bond donors (Lipinski definition) is 2. The zero-order chi connectivity index (χ0) is 20.3. The molecule has 1 amide bonds. The number of hydrogen-bond acceptors (Lipinski definition) is 4. The number of nitrogens with one attached hydrogen (secondary N) is 2. The molecule has 0 heterocycles. The van der Waals surface area contributed by atoms with Crippen molar-refractivity contribution in [3.63, 3.8) is 0 Å². The van der Waals surface area contributed by atoms with Gasteiger partial charge in [0.2, 0.25) is 3.79 Å². The molecule has 0 bridgehead atoms. The predicted molar refractivity (Wildman–Crippen MR) is 112 cm³/mol. The molecule has 3 aromatic rings. The first kappa shape index (κ1) is 20.2. The summed E-state index contributed by atoms with van der Waals surface area (Å²) < 4.78 is -1.88. The number of rotatable bonds is 5. The standard InChI is InChI=1S/C19H14Cl3N3O3/c20-19(21,22)18(23-16-10-4-6-12-5-1-2-9-15(12)16)24-17(26)13-7-3-8-14(11-13)25(27)28/h1-11,18,23H,(H,24,26)/t18-/m0/s1. The zero-order valence-corrected chi connectivity index (χ0v) is 16.5. The molecular formula is C19H14Cl3N3O3. The van der Waals surface area contributed by atoms with Crippen molar-refractivity contribution >= 4 is 62.9 Å². The molecule has 0 aliphatic carbocycles. The van der Waals surface area contributed by atoms with Crippen molar-refractivity contribution in [2.45, 2.75) is 9.96 Å². The van der Waals surface area contributed by atoms with Crippen LogP contribution in [0.25, 0.3) is 10.8 Å². The van der Waals surface area contributed by atoms with Gasteiger partial charge < -0.3 is 10.6 Å². The van der Waals surface area contributed by atoms with Crippen LogP contribution in [0, 0.1) is 10.1 Å². The summed E-state index contributed by atoms with van der Waals surface area (Å²) in [5, 5.41) is 18.4. The van der Waals surface area contributed by atoms with Crippen LogP contribution >= 0.6 is 34.8 Å². The maximum absolute atomic E-state index is 12.6. The molecule has 1 atom stereocenters. The topological polar surface area (TPSA) is 84.3 Å². The van der Waals surface area contributed by atoms with Crippen LogP contribution in [-0.2, 0) is 0 Å². The molecule has 0 aromatic heterocycles. The highest BCUT2D eigenvalue weighted by molar-refractivity contribution is 6.68. The summed E-state index contributed by atoms with van der Waals surface area (Å²) in [6.07, 6.45) is -1.09. The Hall–Kier alpha value is -2.54. The molecule has 2 N–H and O–H groups in total. The lowest BCUT2D eigenvalue weighted by Gasteiger charge is -2.28. The minimum Gasteiger partial charge on any atom is -0.361 e. The summed E-state index contributed by atoms with van der Waals surface area (Å²) in [6.45, 7) is 0. The van der Waals surface area contributed by atoms with Crippen molar-refractivity contribution in [1.82, 2.24) is 5.32 Å². The molecule has 0 aliphatic rings. The predicted octanol–water partition coefficient (Wildman–Crippen LogP) is 5.29. The molecule has 0 saturated heterocycles. The molecule has 0 saturated carbocycles. The summed E-state index contributed by atoms with van der Waals surface area (Å²) in [5.41, 5.74) is 0.530. The van der Waals surface area contributed by atoms with E-state index in [4.69, 9.17) is 34.8 Å². The van der Waals surface area contributed by atoms with Gasteiger partial charge in [0.15, 0.2) is 0 Å². The second-order valence-corrected chi connectivity index (χ2v) is 8.30. The summed E-state index contributed by atoms with van der Waals surface area (Å²) in [6, 6.07) is 18.5. The summed E-state index contributed by atoms with van der Waals surface area (Å²) in [4.78, 5) is 22.9. The van der Waals surface area contributed by atoms with E-state index in [0.29, 0.717) is 5.69 Å². The van der Waals surface area contributed by atoms with E-state index < -0.39 is 20.8 Å². The maximum atomic E-state index is 12.6. The number of benzene rings is 3. The minimum atomic E-state index is -1.88. The molecule has 3 aromatic carbocycles. The molecule has 0 fully saturated rings. The Morgan fingerprint density at radius 2 is 1.68 bits per heavy atom. The number of nitrogens with zero attached hydrogens (tertiary/aromatic N) is 1. The Labute approximate surface area is 175 Å². The van der Waals surface area contributed by atoms with Gasteiger partial charge in [-0.1, -0.05) is 77.3 Å². The van der Waals surface area contributed by atoms with Crippen LogP contribution in [0.2, 0.25) is 0 Å². The van der Waals surface area contributed by atoms with Gasteiger partial charge in [-0.3, -0.25) is 14.9 Å². The van der Waals surface area contributed by atoms with Gasteiger partial charge in [0.05, 0.1) is 4.92 Å². The van der Waals surface area contributed by atoms with Crippen LogP contribution in [-0.4, -0.2) is 20.8 Å². The third kappa shape index (κ3) is 4.65. The normalized spacial score (nSPS) is 12.4. The van der Waals surface area contributed by atoms with E-state index in [1.165, 1.54) is 18.2 Å². The van der Waals surface area contributed by atoms with Crippen molar-refractivity contribution in [1.29, 1.82) is 0 Å². The number of fused-ring (bicyclic) bond motifs is 1. The smallest absolute Gasteiger partial charge is 0.270 e. The van der Waals surface area contributed by atoms with Gasteiger partial charge >= 0.3 is 0 Å². The molecule has 0 aliphatic heterocycles. The lowest BCUT2D eigenvalue weighted by molar-refractivity contribution is -0.384. The number of anilines is 1.